The van der Waals surface area contributed by atoms with E-state index in [4.69, 9.17) is 9.47 Å². The average molecular weight is 414 g/mol. The van der Waals surface area contributed by atoms with E-state index in [0.717, 1.165) is 23.8 Å². The largest absolute Gasteiger partial charge is 1.00 e. The Morgan fingerprint density at radius 3 is 2.39 bits per heavy atom. The van der Waals surface area contributed by atoms with Crippen LogP contribution in [0.5, 0.6) is 11.5 Å². The number of fused-ring (bicyclic) bond motifs is 1. The number of thiophene rings is 1. The van der Waals surface area contributed by atoms with E-state index in [1.165, 1.54) is 26.5 Å². The van der Waals surface area contributed by atoms with Crippen molar-refractivity contribution in [1.29, 1.82) is 0 Å². The van der Waals surface area contributed by atoms with E-state index in [1.54, 1.807) is 18.4 Å². The molecule has 2 aromatic carbocycles. The van der Waals surface area contributed by atoms with E-state index in [0.29, 0.717) is 0 Å². The topological polar surface area (TPSA) is 22.9 Å². The number of likely N-dealkylation sites (N-methyl/N-ethyl adjacent to an activating group) is 1. The van der Waals surface area contributed by atoms with Gasteiger partial charge in [0.25, 0.3) is 0 Å². The molecular formula is C23H24ClNO2S. The van der Waals surface area contributed by atoms with Gasteiger partial charge >= 0.3 is 0 Å². The van der Waals surface area contributed by atoms with E-state index in [2.05, 4.69) is 61.9 Å². The van der Waals surface area contributed by atoms with Crippen molar-refractivity contribution in [3.63, 3.8) is 0 Å². The van der Waals surface area contributed by atoms with Crippen molar-refractivity contribution >= 4 is 17.1 Å². The Hall–Kier alpha value is -2.27. The molecule has 28 heavy (non-hydrogen) atoms. The van der Waals surface area contributed by atoms with Gasteiger partial charge in [-0.05, 0) is 35.2 Å². The monoisotopic (exact) mass is 413 g/mol. The fraction of sp³-hybridized carbons (Fsp3) is 0.217. The summed E-state index contributed by atoms with van der Waals surface area (Å²) in [5.74, 6) is 3.00. The van der Waals surface area contributed by atoms with E-state index in [-0.39, 0.29) is 18.3 Å². The minimum Gasteiger partial charge on any atom is -1.00 e. The number of halogens is 1. The molecule has 1 unspecified atom stereocenters. The van der Waals surface area contributed by atoms with Crippen LogP contribution in [0.25, 0.3) is 5.76 Å². The van der Waals surface area contributed by atoms with Gasteiger partial charge in [0.05, 0.1) is 26.1 Å². The molecule has 0 fully saturated rings. The second-order valence-corrected chi connectivity index (χ2v) is 8.01. The zero-order valence-corrected chi connectivity index (χ0v) is 17.8. The third kappa shape index (κ3) is 3.95. The van der Waals surface area contributed by atoms with Gasteiger partial charge in [-0.2, -0.15) is 0 Å². The summed E-state index contributed by atoms with van der Waals surface area (Å²) in [6, 6.07) is 21.0. The van der Waals surface area contributed by atoms with Gasteiger partial charge in [-0.15, -0.1) is 11.3 Å². The number of hydrogen-bond donors (Lipinski definition) is 1. The Bertz CT molecular complexity index is 949. The summed E-state index contributed by atoms with van der Waals surface area (Å²) in [5, 5.41) is 2.11. The fourth-order valence-electron chi connectivity index (χ4n) is 3.66. The minimum absolute atomic E-state index is 0. The molecule has 0 aliphatic carbocycles. The molecule has 0 spiro atoms. The van der Waals surface area contributed by atoms with Crippen molar-refractivity contribution < 1.29 is 26.8 Å². The number of benzene rings is 2. The van der Waals surface area contributed by atoms with Gasteiger partial charge in [-0.25, -0.2) is 0 Å². The number of quaternary nitrogens is 1. The Morgan fingerprint density at radius 2 is 1.75 bits per heavy atom. The smallest absolute Gasteiger partial charge is 0.150 e. The van der Waals surface area contributed by atoms with Crippen LogP contribution in [-0.4, -0.2) is 27.7 Å². The van der Waals surface area contributed by atoms with Gasteiger partial charge in [0.15, 0.2) is 0 Å². The lowest BCUT2D eigenvalue weighted by atomic mass is 9.81. The summed E-state index contributed by atoms with van der Waals surface area (Å²) < 4.78 is 11.8. The minimum atomic E-state index is 0. The molecule has 0 bridgehead atoms. The van der Waals surface area contributed by atoms with Crippen LogP contribution in [-0.2, 0) is 0 Å². The van der Waals surface area contributed by atoms with Crippen molar-refractivity contribution in [1.82, 2.24) is 0 Å². The van der Waals surface area contributed by atoms with E-state index in [1.807, 2.05) is 18.2 Å². The zero-order chi connectivity index (χ0) is 18.8. The molecule has 1 aromatic heterocycles. The highest BCUT2D eigenvalue weighted by Crippen LogP contribution is 2.46. The Labute approximate surface area is 176 Å². The summed E-state index contributed by atoms with van der Waals surface area (Å²) in [7, 11) is 6.07. The Kier molecular flexibility index (Phi) is 6.45. The zero-order valence-electron chi connectivity index (χ0n) is 16.2. The van der Waals surface area contributed by atoms with Crippen molar-refractivity contribution in [2.24, 2.45) is 0 Å². The van der Waals surface area contributed by atoms with Crippen LogP contribution in [0.4, 0.5) is 0 Å². The average Bonchev–Trinajstić information content (AvgIpc) is 3.22. The number of para-hydroxylation sites is 1. The maximum atomic E-state index is 6.44. The molecule has 0 saturated carbocycles. The molecular weight excluding hydrogens is 390 g/mol. The first-order valence-corrected chi connectivity index (χ1v) is 10.0. The van der Waals surface area contributed by atoms with E-state index < -0.39 is 0 Å². The number of ether oxygens (including phenoxy) is 2. The second-order valence-electron chi connectivity index (χ2n) is 7.06. The third-order valence-electron chi connectivity index (χ3n) is 4.82. The van der Waals surface area contributed by atoms with Gasteiger partial charge < -0.3 is 26.8 Å². The van der Waals surface area contributed by atoms with Crippen LogP contribution in [0.15, 0.2) is 71.6 Å². The molecule has 2 heterocycles. The van der Waals surface area contributed by atoms with Crippen molar-refractivity contribution in [3.8, 4) is 11.5 Å². The Morgan fingerprint density at radius 1 is 1.00 bits per heavy atom. The van der Waals surface area contributed by atoms with Gasteiger partial charge in [0.2, 0.25) is 0 Å². The predicted molar refractivity (Wildman–Crippen MR) is 111 cm³/mol. The normalized spacial score (nSPS) is 15.6. The predicted octanol–water partition coefficient (Wildman–Crippen LogP) is 0.841. The highest BCUT2D eigenvalue weighted by Gasteiger charge is 2.33. The second kappa shape index (κ2) is 8.82. The van der Waals surface area contributed by atoms with Crippen molar-refractivity contribution in [2.45, 2.75) is 5.92 Å². The first kappa shape index (κ1) is 20.5. The van der Waals surface area contributed by atoms with E-state index in [9.17, 15) is 0 Å². The quantitative estimate of drug-likeness (QED) is 0.670. The molecule has 1 atom stereocenters. The van der Waals surface area contributed by atoms with Crippen LogP contribution in [0.3, 0.4) is 0 Å². The summed E-state index contributed by atoms with van der Waals surface area (Å²) >= 11 is 1.73. The number of hydrogen-bond acceptors (Lipinski definition) is 3. The molecule has 3 aromatic rings. The lowest BCUT2D eigenvalue weighted by molar-refractivity contribution is -0.853. The standard InChI is InChI=1S/C23H23NO2S.ClH/c1-24(2)15-19-22(16-10-12-17(25-3)13-11-16)18-7-4-5-8-20(18)26-23(19)21-9-6-14-27-21;/h4-14,22H,15H2,1-3H3;1H. The molecule has 0 radical (unpaired) electrons. The number of methoxy groups -OCH3 is 1. The van der Waals surface area contributed by atoms with Crippen molar-refractivity contribution in [2.75, 3.05) is 27.7 Å². The summed E-state index contributed by atoms with van der Waals surface area (Å²) in [6.45, 7) is 0.915. The maximum Gasteiger partial charge on any atom is 0.150 e. The van der Waals surface area contributed by atoms with Gasteiger partial charge in [0, 0.05) is 17.1 Å². The van der Waals surface area contributed by atoms with Gasteiger partial charge in [-0.3, -0.25) is 0 Å². The first-order valence-electron chi connectivity index (χ1n) is 9.14. The molecule has 1 N–H and O–H groups in total. The summed E-state index contributed by atoms with van der Waals surface area (Å²) in [4.78, 5) is 2.56. The molecule has 1 aliphatic heterocycles. The highest BCUT2D eigenvalue weighted by atomic mass is 35.5. The lowest BCUT2D eigenvalue weighted by Crippen LogP contribution is -3.06. The molecule has 0 amide bonds. The van der Waals surface area contributed by atoms with Crippen LogP contribution in [0.1, 0.15) is 21.9 Å². The molecule has 146 valence electrons. The highest BCUT2D eigenvalue weighted by molar-refractivity contribution is 7.11. The fourth-order valence-corrected chi connectivity index (χ4v) is 4.40. The SMILES string of the molecule is COc1ccc(C2C(C[NH+](C)C)=C(c3cccs3)Oc3ccccc32)cc1.[Cl-]. The third-order valence-corrected chi connectivity index (χ3v) is 5.69. The molecule has 4 rings (SSSR count). The van der Waals surface area contributed by atoms with Crippen LogP contribution >= 0.6 is 11.3 Å². The van der Waals surface area contributed by atoms with Crippen LogP contribution < -0.4 is 26.8 Å². The summed E-state index contributed by atoms with van der Waals surface area (Å²) in [6.07, 6.45) is 0. The number of rotatable bonds is 5. The molecule has 1 aliphatic rings. The lowest BCUT2D eigenvalue weighted by Gasteiger charge is -2.31. The molecule has 3 nitrogen and oxygen atoms in total. The van der Waals surface area contributed by atoms with Crippen LogP contribution in [0.2, 0.25) is 0 Å². The van der Waals surface area contributed by atoms with Gasteiger partial charge in [0.1, 0.15) is 23.8 Å². The Balaban J connectivity index is 0.00000225. The first-order chi connectivity index (χ1) is 13.2. The maximum absolute atomic E-state index is 6.44. The van der Waals surface area contributed by atoms with E-state index >= 15 is 0 Å². The summed E-state index contributed by atoms with van der Waals surface area (Å²) in [5.41, 5.74) is 3.80. The van der Waals surface area contributed by atoms with Gasteiger partial charge in [-0.1, -0.05) is 36.4 Å². The number of nitrogens with one attached hydrogen (secondary N) is 1. The van der Waals surface area contributed by atoms with Crippen LogP contribution in [0, 0.1) is 0 Å². The molecule has 0 saturated heterocycles. The molecule has 5 heteroatoms. The van der Waals surface area contributed by atoms with Crippen molar-refractivity contribution in [3.05, 3.63) is 87.6 Å².